The van der Waals surface area contributed by atoms with E-state index >= 15 is 0 Å². The molecule has 6 nitrogen and oxygen atoms in total. The van der Waals surface area contributed by atoms with Gasteiger partial charge in [0.25, 0.3) is 0 Å². The van der Waals surface area contributed by atoms with Gasteiger partial charge in [0, 0.05) is 19.4 Å². The Morgan fingerprint density at radius 1 is 1.33 bits per heavy atom. The molecule has 2 aliphatic heterocycles. The highest BCUT2D eigenvalue weighted by atomic mass is 16.7. The van der Waals surface area contributed by atoms with Gasteiger partial charge in [-0.3, -0.25) is 4.99 Å². The van der Waals surface area contributed by atoms with Crippen molar-refractivity contribution in [2.75, 3.05) is 13.2 Å². The van der Waals surface area contributed by atoms with E-state index in [1.54, 1.807) is 0 Å². The lowest BCUT2D eigenvalue weighted by Crippen LogP contribution is -2.23. The largest absolute Gasteiger partial charge is 0.411 e. The van der Waals surface area contributed by atoms with Crippen LogP contribution in [-0.4, -0.2) is 41.6 Å². The van der Waals surface area contributed by atoms with Crippen molar-refractivity contribution in [2.45, 2.75) is 25.6 Å². The minimum absolute atomic E-state index is 0.105. The molecular weight excluding hydrogens is 270 g/mol. The van der Waals surface area contributed by atoms with Gasteiger partial charge in [-0.1, -0.05) is 40.6 Å². The third kappa shape index (κ3) is 3.28. The standard InChI is InChI=1S/C15H17N3O3/c19-17-13-6-7-16-15(13)14-8-12(21-18-14)10-20-9-11-4-2-1-3-5-11/h1-5,12,19H,6-10H2/b17-13-. The lowest BCUT2D eigenvalue weighted by atomic mass is 10.1. The molecule has 6 heteroatoms. The molecule has 0 saturated heterocycles. The van der Waals surface area contributed by atoms with Crippen molar-refractivity contribution in [3.05, 3.63) is 35.9 Å². The molecule has 0 saturated carbocycles. The first-order valence-electron chi connectivity index (χ1n) is 6.97. The van der Waals surface area contributed by atoms with Crippen LogP contribution >= 0.6 is 0 Å². The fraction of sp³-hybridized carbons (Fsp3) is 0.400. The van der Waals surface area contributed by atoms with E-state index in [9.17, 15) is 0 Å². The summed E-state index contributed by atoms with van der Waals surface area (Å²) >= 11 is 0. The third-order valence-electron chi connectivity index (χ3n) is 3.43. The predicted octanol–water partition coefficient (Wildman–Crippen LogP) is 2.02. The van der Waals surface area contributed by atoms with E-state index in [0.29, 0.717) is 44.0 Å². The first kappa shape index (κ1) is 13.8. The van der Waals surface area contributed by atoms with Crippen LogP contribution in [0, 0.1) is 0 Å². The average molecular weight is 287 g/mol. The molecule has 0 aromatic heterocycles. The zero-order valence-electron chi connectivity index (χ0n) is 11.6. The third-order valence-corrected chi connectivity index (χ3v) is 3.43. The number of ether oxygens (including phenoxy) is 1. The number of hydrogen-bond acceptors (Lipinski definition) is 6. The molecule has 0 fully saturated rings. The van der Waals surface area contributed by atoms with E-state index in [-0.39, 0.29) is 6.10 Å². The van der Waals surface area contributed by atoms with Gasteiger partial charge in [0.15, 0.2) is 6.10 Å². The van der Waals surface area contributed by atoms with Crippen LogP contribution in [0.25, 0.3) is 0 Å². The molecule has 2 heterocycles. The maximum Gasteiger partial charge on any atom is 0.156 e. The molecular formula is C15H17N3O3. The van der Waals surface area contributed by atoms with Gasteiger partial charge in [0.2, 0.25) is 0 Å². The summed E-state index contributed by atoms with van der Waals surface area (Å²) in [5.41, 5.74) is 3.13. The average Bonchev–Trinajstić information content (AvgIpc) is 3.16. The van der Waals surface area contributed by atoms with E-state index in [1.807, 2.05) is 30.3 Å². The van der Waals surface area contributed by atoms with Crippen LogP contribution in [-0.2, 0) is 16.2 Å². The van der Waals surface area contributed by atoms with Crippen LogP contribution in [0.1, 0.15) is 18.4 Å². The predicted molar refractivity (Wildman–Crippen MR) is 79.2 cm³/mol. The fourth-order valence-corrected chi connectivity index (χ4v) is 2.38. The summed E-state index contributed by atoms with van der Waals surface area (Å²) in [6.45, 7) is 1.67. The number of benzene rings is 1. The van der Waals surface area contributed by atoms with Crippen LogP contribution in [0.15, 0.2) is 45.6 Å². The zero-order chi connectivity index (χ0) is 14.5. The molecule has 3 rings (SSSR count). The summed E-state index contributed by atoms with van der Waals surface area (Å²) < 4.78 is 5.65. The highest BCUT2D eigenvalue weighted by molar-refractivity contribution is 6.69. The lowest BCUT2D eigenvalue weighted by Gasteiger charge is -2.09. The molecule has 1 atom stereocenters. The Morgan fingerprint density at radius 2 is 2.19 bits per heavy atom. The molecule has 1 unspecified atom stereocenters. The second-order valence-electron chi connectivity index (χ2n) is 5.00. The van der Waals surface area contributed by atoms with E-state index in [0.717, 1.165) is 11.3 Å². The van der Waals surface area contributed by atoms with Crippen molar-refractivity contribution >= 4 is 17.1 Å². The Labute approximate surface area is 122 Å². The maximum absolute atomic E-state index is 8.92. The van der Waals surface area contributed by atoms with E-state index < -0.39 is 0 Å². The molecule has 0 amide bonds. The first-order chi connectivity index (χ1) is 10.4. The number of rotatable bonds is 5. The Hall–Kier alpha value is -2.21. The second-order valence-corrected chi connectivity index (χ2v) is 5.00. The molecule has 21 heavy (non-hydrogen) atoms. The minimum Gasteiger partial charge on any atom is -0.411 e. The van der Waals surface area contributed by atoms with Crippen molar-refractivity contribution < 1.29 is 14.8 Å². The van der Waals surface area contributed by atoms with Crippen LogP contribution in [0.2, 0.25) is 0 Å². The minimum atomic E-state index is -0.105. The fourth-order valence-electron chi connectivity index (χ4n) is 2.38. The normalized spacial score (nSPS) is 23.0. The molecule has 110 valence electrons. The highest BCUT2D eigenvalue weighted by Crippen LogP contribution is 2.16. The monoisotopic (exact) mass is 287 g/mol. The topological polar surface area (TPSA) is 75.8 Å². The van der Waals surface area contributed by atoms with Crippen molar-refractivity contribution in [3.8, 4) is 0 Å². The van der Waals surface area contributed by atoms with Gasteiger partial charge in [0.1, 0.15) is 17.1 Å². The van der Waals surface area contributed by atoms with E-state index in [4.69, 9.17) is 14.8 Å². The zero-order valence-corrected chi connectivity index (χ0v) is 11.6. The van der Waals surface area contributed by atoms with Gasteiger partial charge < -0.3 is 14.8 Å². The highest BCUT2D eigenvalue weighted by Gasteiger charge is 2.29. The van der Waals surface area contributed by atoms with Crippen LogP contribution in [0.3, 0.4) is 0 Å². The van der Waals surface area contributed by atoms with Crippen molar-refractivity contribution in [3.63, 3.8) is 0 Å². The molecule has 0 aliphatic carbocycles. The van der Waals surface area contributed by atoms with Crippen molar-refractivity contribution in [1.29, 1.82) is 0 Å². The van der Waals surface area contributed by atoms with Gasteiger partial charge in [-0.05, 0) is 5.56 Å². The van der Waals surface area contributed by atoms with Gasteiger partial charge in [-0.2, -0.15) is 0 Å². The summed E-state index contributed by atoms with van der Waals surface area (Å²) in [6, 6.07) is 10.00. The number of aliphatic imine (C=N–C) groups is 1. The summed E-state index contributed by atoms with van der Waals surface area (Å²) in [5, 5.41) is 16.2. The number of hydrogen-bond donors (Lipinski definition) is 1. The summed E-state index contributed by atoms with van der Waals surface area (Å²) in [4.78, 5) is 9.66. The van der Waals surface area contributed by atoms with Gasteiger partial charge in [0.05, 0.1) is 13.2 Å². The first-order valence-corrected chi connectivity index (χ1v) is 6.97. The number of oxime groups is 2. The van der Waals surface area contributed by atoms with Crippen LogP contribution < -0.4 is 0 Å². The van der Waals surface area contributed by atoms with Crippen LogP contribution in [0.5, 0.6) is 0 Å². The molecule has 1 aromatic rings. The molecule has 1 aromatic carbocycles. The Morgan fingerprint density at radius 3 is 3.00 bits per heavy atom. The molecule has 0 spiro atoms. The SMILES string of the molecule is O/N=C1/CCN=C1C1=NOC(COCc2ccccc2)C1. The summed E-state index contributed by atoms with van der Waals surface area (Å²) in [5.74, 6) is 0. The summed E-state index contributed by atoms with van der Waals surface area (Å²) in [7, 11) is 0. The molecule has 0 bridgehead atoms. The van der Waals surface area contributed by atoms with Gasteiger partial charge in [-0.15, -0.1) is 0 Å². The molecule has 0 radical (unpaired) electrons. The van der Waals surface area contributed by atoms with E-state index in [2.05, 4.69) is 15.3 Å². The van der Waals surface area contributed by atoms with Gasteiger partial charge in [-0.25, -0.2) is 0 Å². The quantitative estimate of drug-likeness (QED) is 0.665. The maximum atomic E-state index is 8.92. The summed E-state index contributed by atoms with van der Waals surface area (Å²) in [6.07, 6.45) is 1.18. The van der Waals surface area contributed by atoms with Crippen LogP contribution in [0.4, 0.5) is 0 Å². The molecule has 2 aliphatic rings. The van der Waals surface area contributed by atoms with Crippen molar-refractivity contribution in [1.82, 2.24) is 0 Å². The lowest BCUT2D eigenvalue weighted by molar-refractivity contribution is -0.00305. The Bertz CT molecular complexity index is 581. The second kappa shape index (κ2) is 6.49. The van der Waals surface area contributed by atoms with Crippen molar-refractivity contribution in [2.24, 2.45) is 15.3 Å². The smallest absolute Gasteiger partial charge is 0.156 e. The Kier molecular flexibility index (Phi) is 4.25. The molecule has 1 N–H and O–H groups in total. The van der Waals surface area contributed by atoms with Gasteiger partial charge >= 0.3 is 0 Å². The Balaban J connectivity index is 1.46. The number of nitrogens with zero attached hydrogens (tertiary/aromatic N) is 3. The van der Waals surface area contributed by atoms with E-state index in [1.165, 1.54) is 0 Å².